The predicted octanol–water partition coefficient (Wildman–Crippen LogP) is 2.11. The molecule has 2 rings (SSSR count). The van der Waals surface area contributed by atoms with Gasteiger partial charge in [0.15, 0.2) is 0 Å². The number of carbonyl (C=O) groups excluding carboxylic acids is 1. The van der Waals surface area contributed by atoms with Gasteiger partial charge in [0.25, 0.3) is 0 Å². The monoisotopic (exact) mass is 225 g/mol. The van der Waals surface area contributed by atoms with Crippen LogP contribution in [0.1, 0.15) is 46.5 Å². The highest BCUT2D eigenvalue weighted by atomic mass is 16.6. The summed E-state index contributed by atoms with van der Waals surface area (Å²) in [6.07, 6.45) is 4.52. The summed E-state index contributed by atoms with van der Waals surface area (Å²) in [4.78, 5) is 12.1. The average Bonchev–Trinajstić information content (AvgIpc) is 2.61. The second-order valence-electron chi connectivity index (χ2n) is 6.08. The highest BCUT2D eigenvalue weighted by Gasteiger charge is 2.41. The summed E-state index contributed by atoms with van der Waals surface area (Å²) in [7, 11) is 0. The fourth-order valence-electron chi connectivity index (χ4n) is 3.03. The van der Waals surface area contributed by atoms with E-state index in [-0.39, 0.29) is 17.5 Å². The van der Waals surface area contributed by atoms with Gasteiger partial charge in [0, 0.05) is 6.04 Å². The minimum absolute atomic E-state index is 0.0194. The highest BCUT2D eigenvalue weighted by molar-refractivity contribution is 5.73. The Kier molecular flexibility index (Phi) is 3.24. The van der Waals surface area contributed by atoms with E-state index in [2.05, 4.69) is 5.32 Å². The van der Waals surface area contributed by atoms with E-state index in [1.807, 2.05) is 20.8 Å². The molecule has 3 heteroatoms. The van der Waals surface area contributed by atoms with E-state index in [1.54, 1.807) is 0 Å². The molecule has 0 aromatic carbocycles. The number of fused-ring (bicyclic) bond motifs is 1. The maximum atomic E-state index is 12.1. The number of rotatable bonds is 1. The molecule has 2 aliphatic rings. The van der Waals surface area contributed by atoms with E-state index in [0.29, 0.717) is 12.0 Å². The van der Waals surface area contributed by atoms with Crippen LogP contribution < -0.4 is 5.32 Å². The lowest BCUT2D eigenvalue weighted by molar-refractivity contribution is -0.163. The number of nitrogens with one attached hydrogen (secondary N) is 1. The summed E-state index contributed by atoms with van der Waals surface area (Å²) >= 11 is 0. The second kappa shape index (κ2) is 4.36. The van der Waals surface area contributed by atoms with Crippen molar-refractivity contribution in [3.05, 3.63) is 0 Å². The minimum atomic E-state index is -0.351. The first-order chi connectivity index (χ1) is 7.47. The zero-order valence-corrected chi connectivity index (χ0v) is 10.6. The summed E-state index contributed by atoms with van der Waals surface area (Å²) < 4.78 is 5.52. The van der Waals surface area contributed by atoms with E-state index >= 15 is 0 Å². The number of ether oxygens (including phenoxy) is 1. The molecule has 1 aliphatic carbocycles. The molecule has 1 saturated carbocycles. The Labute approximate surface area is 97.9 Å². The Morgan fingerprint density at radius 2 is 2.00 bits per heavy atom. The first kappa shape index (κ1) is 11.9. The standard InChI is InChI=1S/C13H23NO2/c1-13(2,3)16-12(15)10-5-4-6-11-9(10)7-8-14-11/h9-11,14H,4-8H2,1-3H3. The molecule has 0 spiro atoms. The molecule has 16 heavy (non-hydrogen) atoms. The number of hydrogen-bond acceptors (Lipinski definition) is 3. The van der Waals surface area contributed by atoms with Crippen LogP contribution in [0.5, 0.6) is 0 Å². The first-order valence-electron chi connectivity index (χ1n) is 6.43. The van der Waals surface area contributed by atoms with Gasteiger partial charge < -0.3 is 10.1 Å². The van der Waals surface area contributed by atoms with E-state index < -0.39 is 0 Å². The number of hydrogen-bond donors (Lipinski definition) is 1. The van der Waals surface area contributed by atoms with Crippen LogP contribution >= 0.6 is 0 Å². The van der Waals surface area contributed by atoms with Gasteiger partial charge in [0.1, 0.15) is 5.60 Å². The highest BCUT2D eigenvalue weighted by Crippen LogP contribution is 2.36. The lowest BCUT2D eigenvalue weighted by atomic mass is 9.76. The van der Waals surface area contributed by atoms with Gasteiger partial charge in [-0.2, -0.15) is 0 Å². The van der Waals surface area contributed by atoms with Crippen molar-refractivity contribution in [2.24, 2.45) is 11.8 Å². The molecule has 0 aromatic heterocycles. The van der Waals surface area contributed by atoms with Gasteiger partial charge in [-0.3, -0.25) is 4.79 Å². The van der Waals surface area contributed by atoms with Gasteiger partial charge >= 0.3 is 5.97 Å². The molecule has 3 nitrogen and oxygen atoms in total. The van der Waals surface area contributed by atoms with Gasteiger partial charge in [0.2, 0.25) is 0 Å². The summed E-state index contributed by atoms with van der Waals surface area (Å²) in [5.41, 5.74) is -0.351. The smallest absolute Gasteiger partial charge is 0.309 e. The molecular formula is C13H23NO2. The van der Waals surface area contributed by atoms with Crippen molar-refractivity contribution in [3.8, 4) is 0 Å². The van der Waals surface area contributed by atoms with Crippen molar-refractivity contribution in [2.45, 2.75) is 58.1 Å². The van der Waals surface area contributed by atoms with Crippen LogP contribution in [0.4, 0.5) is 0 Å². The predicted molar refractivity (Wildman–Crippen MR) is 63.1 cm³/mol. The largest absolute Gasteiger partial charge is 0.460 e. The van der Waals surface area contributed by atoms with E-state index in [0.717, 1.165) is 25.8 Å². The van der Waals surface area contributed by atoms with Gasteiger partial charge in [-0.05, 0) is 52.5 Å². The Morgan fingerprint density at radius 3 is 2.69 bits per heavy atom. The molecule has 3 unspecified atom stereocenters. The van der Waals surface area contributed by atoms with E-state index in [9.17, 15) is 4.79 Å². The van der Waals surface area contributed by atoms with Gasteiger partial charge in [0.05, 0.1) is 5.92 Å². The van der Waals surface area contributed by atoms with Crippen molar-refractivity contribution < 1.29 is 9.53 Å². The van der Waals surface area contributed by atoms with Crippen LogP contribution in [0.2, 0.25) is 0 Å². The molecule has 0 radical (unpaired) electrons. The van der Waals surface area contributed by atoms with Crippen molar-refractivity contribution in [1.82, 2.24) is 5.32 Å². The molecule has 1 heterocycles. The normalized spacial score (nSPS) is 34.6. The van der Waals surface area contributed by atoms with Gasteiger partial charge in [-0.15, -0.1) is 0 Å². The molecule has 1 aliphatic heterocycles. The van der Waals surface area contributed by atoms with Crippen molar-refractivity contribution in [2.75, 3.05) is 6.54 Å². The first-order valence-corrected chi connectivity index (χ1v) is 6.43. The summed E-state index contributed by atoms with van der Waals surface area (Å²) in [5, 5.41) is 3.50. The van der Waals surface area contributed by atoms with Crippen molar-refractivity contribution in [3.63, 3.8) is 0 Å². The fourth-order valence-corrected chi connectivity index (χ4v) is 3.03. The lowest BCUT2D eigenvalue weighted by Crippen LogP contribution is -2.40. The molecule has 3 atom stereocenters. The van der Waals surface area contributed by atoms with Crippen LogP contribution in [0.3, 0.4) is 0 Å². The Hall–Kier alpha value is -0.570. The lowest BCUT2D eigenvalue weighted by Gasteiger charge is -2.33. The third kappa shape index (κ3) is 2.57. The third-order valence-corrected chi connectivity index (χ3v) is 3.66. The maximum Gasteiger partial charge on any atom is 0.309 e. The number of carbonyl (C=O) groups is 1. The zero-order valence-electron chi connectivity index (χ0n) is 10.6. The molecule has 92 valence electrons. The van der Waals surface area contributed by atoms with Crippen LogP contribution in [0.25, 0.3) is 0 Å². The zero-order chi connectivity index (χ0) is 11.8. The van der Waals surface area contributed by atoms with E-state index in [1.165, 1.54) is 6.42 Å². The summed E-state index contributed by atoms with van der Waals surface area (Å²) in [6.45, 7) is 6.89. The minimum Gasteiger partial charge on any atom is -0.460 e. The van der Waals surface area contributed by atoms with Crippen molar-refractivity contribution >= 4 is 5.97 Å². The van der Waals surface area contributed by atoms with Crippen LogP contribution in [0, 0.1) is 11.8 Å². The topological polar surface area (TPSA) is 38.3 Å². The Bertz CT molecular complexity index is 270. The molecule has 0 aromatic rings. The van der Waals surface area contributed by atoms with E-state index in [4.69, 9.17) is 4.74 Å². The van der Waals surface area contributed by atoms with Crippen LogP contribution in [-0.4, -0.2) is 24.2 Å². The summed E-state index contributed by atoms with van der Waals surface area (Å²) in [5.74, 6) is 0.669. The summed E-state index contributed by atoms with van der Waals surface area (Å²) in [6, 6.07) is 0.561. The molecule has 0 amide bonds. The fraction of sp³-hybridized carbons (Fsp3) is 0.923. The average molecular weight is 225 g/mol. The SMILES string of the molecule is CC(C)(C)OC(=O)C1CCCC2NCCC21. The number of esters is 1. The van der Waals surface area contributed by atoms with Crippen molar-refractivity contribution in [1.29, 1.82) is 0 Å². The molecule has 1 saturated heterocycles. The maximum absolute atomic E-state index is 12.1. The second-order valence-corrected chi connectivity index (χ2v) is 6.08. The Balaban J connectivity index is 2.00. The quantitative estimate of drug-likeness (QED) is 0.695. The molecule has 1 N–H and O–H groups in total. The van der Waals surface area contributed by atoms with Crippen LogP contribution in [0.15, 0.2) is 0 Å². The van der Waals surface area contributed by atoms with Gasteiger partial charge in [-0.1, -0.05) is 6.42 Å². The van der Waals surface area contributed by atoms with Crippen LogP contribution in [-0.2, 0) is 9.53 Å². The third-order valence-electron chi connectivity index (χ3n) is 3.66. The Morgan fingerprint density at radius 1 is 1.25 bits per heavy atom. The molecular weight excluding hydrogens is 202 g/mol. The molecule has 0 bridgehead atoms. The van der Waals surface area contributed by atoms with Gasteiger partial charge in [-0.25, -0.2) is 0 Å². The molecule has 2 fully saturated rings.